The summed E-state index contributed by atoms with van der Waals surface area (Å²) in [5.74, 6) is 0.604. The van der Waals surface area contributed by atoms with Crippen LogP contribution in [0.15, 0.2) is 36.4 Å². The number of benzene rings is 1. The first kappa shape index (κ1) is 19.4. The SMILES string of the molecule is CN(C)CCNc1ccc(C(=O)N2CCN(c3cccc(Cl)c3)CC2)nn1. The van der Waals surface area contributed by atoms with E-state index < -0.39 is 0 Å². The summed E-state index contributed by atoms with van der Waals surface area (Å²) < 4.78 is 0. The van der Waals surface area contributed by atoms with Gasteiger partial charge in [0.1, 0.15) is 5.82 Å². The van der Waals surface area contributed by atoms with Crippen molar-refractivity contribution in [2.75, 3.05) is 63.6 Å². The molecule has 27 heavy (non-hydrogen) atoms. The predicted octanol–water partition coefficient (Wildman–Crippen LogP) is 2.07. The molecule has 0 radical (unpaired) electrons. The average molecular weight is 389 g/mol. The Morgan fingerprint density at radius 1 is 1.15 bits per heavy atom. The lowest BCUT2D eigenvalue weighted by molar-refractivity contribution is 0.0739. The molecule has 8 heteroatoms. The Bertz CT molecular complexity index is 759. The standard InChI is InChI=1S/C19H25ClN6O/c1-24(2)9-8-21-18-7-6-17(22-23-18)19(27)26-12-10-25(11-13-26)16-5-3-4-15(20)14-16/h3-7,14H,8-13H2,1-2H3,(H,21,23). The van der Waals surface area contributed by atoms with Crippen molar-refractivity contribution in [2.24, 2.45) is 0 Å². The molecule has 1 aromatic heterocycles. The molecule has 3 rings (SSSR count). The molecule has 1 amide bonds. The number of anilines is 2. The maximum Gasteiger partial charge on any atom is 0.274 e. The van der Waals surface area contributed by atoms with Crippen LogP contribution < -0.4 is 10.2 Å². The van der Waals surface area contributed by atoms with Gasteiger partial charge in [-0.2, -0.15) is 0 Å². The molecule has 0 spiro atoms. The van der Waals surface area contributed by atoms with Crippen molar-refractivity contribution < 1.29 is 4.79 Å². The number of hydrogen-bond donors (Lipinski definition) is 1. The molecule has 1 aliphatic rings. The summed E-state index contributed by atoms with van der Waals surface area (Å²) in [7, 11) is 4.03. The van der Waals surface area contributed by atoms with E-state index in [1.807, 2.05) is 43.3 Å². The van der Waals surface area contributed by atoms with E-state index >= 15 is 0 Å². The lowest BCUT2D eigenvalue weighted by Gasteiger charge is -2.36. The number of carbonyl (C=O) groups is 1. The first-order valence-corrected chi connectivity index (χ1v) is 9.43. The van der Waals surface area contributed by atoms with E-state index in [1.54, 1.807) is 12.1 Å². The zero-order valence-corrected chi connectivity index (χ0v) is 16.5. The summed E-state index contributed by atoms with van der Waals surface area (Å²) in [6.07, 6.45) is 0. The Morgan fingerprint density at radius 3 is 2.56 bits per heavy atom. The predicted molar refractivity (Wildman–Crippen MR) is 109 cm³/mol. The summed E-state index contributed by atoms with van der Waals surface area (Å²) in [6.45, 7) is 4.51. The molecule has 0 bridgehead atoms. The molecule has 0 atom stereocenters. The first-order chi connectivity index (χ1) is 13.0. The normalized spacial score (nSPS) is 14.5. The number of nitrogens with zero attached hydrogens (tertiary/aromatic N) is 5. The average Bonchev–Trinajstić information content (AvgIpc) is 2.68. The first-order valence-electron chi connectivity index (χ1n) is 9.05. The van der Waals surface area contributed by atoms with Gasteiger partial charge in [-0.1, -0.05) is 17.7 Å². The zero-order valence-electron chi connectivity index (χ0n) is 15.7. The molecule has 1 aliphatic heterocycles. The highest BCUT2D eigenvalue weighted by atomic mass is 35.5. The van der Waals surface area contributed by atoms with E-state index in [2.05, 4.69) is 25.3 Å². The smallest absolute Gasteiger partial charge is 0.274 e. The Kier molecular flexibility index (Phi) is 6.47. The number of amides is 1. The second-order valence-corrected chi connectivity index (χ2v) is 7.23. The number of carbonyl (C=O) groups excluding carboxylic acids is 1. The summed E-state index contributed by atoms with van der Waals surface area (Å²) in [5.41, 5.74) is 1.46. The van der Waals surface area contributed by atoms with Gasteiger partial charge in [0, 0.05) is 50.0 Å². The fraction of sp³-hybridized carbons (Fsp3) is 0.421. The number of halogens is 1. The van der Waals surface area contributed by atoms with Gasteiger partial charge in [0.05, 0.1) is 0 Å². The molecule has 7 nitrogen and oxygen atoms in total. The largest absolute Gasteiger partial charge is 0.368 e. The van der Waals surface area contributed by atoms with Crippen LogP contribution in [-0.4, -0.2) is 79.3 Å². The molecule has 144 valence electrons. The highest BCUT2D eigenvalue weighted by Gasteiger charge is 2.23. The zero-order chi connectivity index (χ0) is 19.2. The lowest BCUT2D eigenvalue weighted by Crippen LogP contribution is -2.49. The minimum atomic E-state index is -0.0758. The fourth-order valence-corrected chi connectivity index (χ4v) is 3.14. The van der Waals surface area contributed by atoms with Crippen molar-refractivity contribution in [3.63, 3.8) is 0 Å². The minimum absolute atomic E-state index is 0.0758. The third-order valence-electron chi connectivity index (χ3n) is 4.49. The number of nitrogens with one attached hydrogen (secondary N) is 1. The van der Waals surface area contributed by atoms with Crippen LogP contribution in [0.5, 0.6) is 0 Å². The highest BCUT2D eigenvalue weighted by molar-refractivity contribution is 6.30. The van der Waals surface area contributed by atoms with E-state index in [0.29, 0.717) is 24.6 Å². The van der Waals surface area contributed by atoms with Crippen molar-refractivity contribution in [3.05, 3.63) is 47.1 Å². The number of hydrogen-bond acceptors (Lipinski definition) is 6. The molecule has 0 aliphatic carbocycles. The van der Waals surface area contributed by atoms with Crippen LogP contribution in [0, 0.1) is 0 Å². The van der Waals surface area contributed by atoms with E-state index in [0.717, 1.165) is 36.9 Å². The molecule has 2 heterocycles. The van der Waals surface area contributed by atoms with Gasteiger partial charge in [-0.3, -0.25) is 4.79 Å². The van der Waals surface area contributed by atoms with Crippen LogP contribution in [0.4, 0.5) is 11.5 Å². The maximum absolute atomic E-state index is 12.7. The molecular formula is C19H25ClN6O. The summed E-state index contributed by atoms with van der Waals surface area (Å²) in [5, 5.41) is 12.1. The molecule has 1 saturated heterocycles. The van der Waals surface area contributed by atoms with Gasteiger partial charge in [0.25, 0.3) is 5.91 Å². The van der Waals surface area contributed by atoms with Crippen LogP contribution >= 0.6 is 11.6 Å². The van der Waals surface area contributed by atoms with E-state index in [-0.39, 0.29) is 5.91 Å². The quantitative estimate of drug-likeness (QED) is 0.817. The monoisotopic (exact) mass is 388 g/mol. The molecule has 0 unspecified atom stereocenters. The van der Waals surface area contributed by atoms with E-state index in [1.165, 1.54) is 0 Å². The van der Waals surface area contributed by atoms with Crippen LogP contribution in [-0.2, 0) is 0 Å². The summed E-state index contributed by atoms with van der Waals surface area (Å²) in [4.78, 5) is 18.8. The van der Waals surface area contributed by atoms with Crippen LogP contribution in [0.1, 0.15) is 10.5 Å². The van der Waals surface area contributed by atoms with Gasteiger partial charge in [0.2, 0.25) is 0 Å². The van der Waals surface area contributed by atoms with Crippen molar-refractivity contribution in [2.45, 2.75) is 0 Å². The van der Waals surface area contributed by atoms with Crippen molar-refractivity contribution >= 4 is 29.0 Å². The highest BCUT2D eigenvalue weighted by Crippen LogP contribution is 2.21. The van der Waals surface area contributed by atoms with Gasteiger partial charge < -0.3 is 20.0 Å². The van der Waals surface area contributed by atoms with Crippen molar-refractivity contribution in [1.29, 1.82) is 0 Å². The number of rotatable bonds is 6. The van der Waals surface area contributed by atoms with Gasteiger partial charge in [-0.05, 0) is 44.4 Å². The van der Waals surface area contributed by atoms with Crippen LogP contribution in [0.3, 0.4) is 0 Å². The second-order valence-electron chi connectivity index (χ2n) is 6.79. The van der Waals surface area contributed by atoms with Gasteiger partial charge in [0.15, 0.2) is 5.69 Å². The summed E-state index contributed by atoms with van der Waals surface area (Å²) in [6, 6.07) is 11.3. The number of aromatic nitrogens is 2. The Labute approximate surface area is 164 Å². The molecule has 1 fully saturated rings. The Morgan fingerprint density at radius 2 is 1.93 bits per heavy atom. The lowest BCUT2D eigenvalue weighted by atomic mass is 10.2. The molecule has 1 N–H and O–H groups in total. The van der Waals surface area contributed by atoms with Crippen molar-refractivity contribution in [3.8, 4) is 0 Å². The molecule has 2 aromatic rings. The molecule has 1 aromatic carbocycles. The third-order valence-corrected chi connectivity index (χ3v) is 4.72. The molecular weight excluding hydrogens is 364 g/mol. The number of likely N-dealkylation sites (N-methyl/N-ethyl adjacent to an activating group) is 1. The van der Waals surface area contributed by atoms with E-state index in [9.17, 15) is 4.79 Å². The minimum Gasteiger partial charge on any atom is -0.368 e. The van der Waals surface area contributed by atoms with Crippen LogP contribution in [0.2, 0.25) is 5.02 Å². The number of piperazine rings is 1. The Hall–Kier alpha value is -2.38. The second kappa shape index (κ2) is 9.01. The van der Waals surface area contributed by atoms with Gasteiger partial charge in [-0.25, -0.2) is 0 Å². The summed E-state index contributed by atoms with van der Waals surface area (Å²) >= 11 is 6.07. The van der Waals surface area contributed by atoms with Gasteiger partial charge >= 0.3 is 0 Å². The maximum atomic E-state index is 12.7. The third kappa shape index (κ3) is 5.30. The van der Waals surface area contributed by atoms with E-state index in [4.69, 9.17) is 11.6 Å². The molecule has 0 saturated carbocycles. The topological polar surface area (TPSA) is 64.6 Å². The Balaban J connectivity index is 1.53. The van der Waals surface area contributed by atoms with Crippen molar-refractivity contribution in [1.82, 2.24) is 20.0 Å². The van der Waals surface area contributed by atoms with Crippen LogP contribution in [0.25, 0.3) is 0 Å². The van der Waals surface area contributed by atoms with Gasteiger partial charge in [-0.15, -0.1) is 10.2 Å². The fourth-order valence-electron chi connectivity index (χ4n) is 2.95.